The fourth-order valence-corrected chi connectivity index (χ4v) is 1.94. The number of hydrogen-bond donors (Lipinski definition) is 1. The Morgan fingerprint density at radius 2 is 1.90 bits per heavy atom. The predicted molar refractivity (Wildman–Crippen MR) is 71.5 cm³/mol. The van der Waals surface area contributed by atoms with Gasteiger partial charge in [0.2, 0.25) is 3.79 Å². The molecule has 2 rings (SSSR count). The number of nitrogens with zero attached hydrogens (tertiary/aromatic N) is 1. The van der Waals surface area contributed by atoms with E-state index in [1.807, 2.05) is 0 Å². The van der Waals surface area contributed by atoms with Gasteiger partial charge in [-0.1, -0.05) is 34.8 Å². The molecular weight excluding hydrogens is 339 g/mol. The largest absolute Gasteiger partial charge is 0.493 e. The lowest BCUT2D eigenvalue weighted by Gasteiger charge is -2.12. The van der Waals surface area contributed by atoms with Gasteiger partial charge >= 0.3 is 6.18 Å². The van der Waals surface area contributed by atoms with Crippen molar-refractivity contribution in [2.45, 2.75) is 16.9 Å². The van der Waals surface area contributed by atoms with Crippen LogP contribution in [0.3, 0.4) is 0 Å². The number of fused-ring (bicyclic) bond motifs is 1. The first-order valence-electron chi connectivity index (χ1n) is 5.44. The highest BCUT2D eigenvalue weighted by atomic mass is 35.6. The molecular formula is C11H8Cl3F3N2O. The van der Waals surface area contributed by atoms with E-state index >= 15 is 0 Å². The molecule has 0 aliphatic carbocycles. The molecule has 0 radical (unpaired) electrons. The van der Waals surface area contributed by atoms with Crippen LogP contribution in [0.2, 0.25) is 0 Å². The van der Waals surface area contributed by atoms with Gasteiger partial charge in [-0.2, -0.15) is 13.2 Å². The second-order valence-corrected chi connectivity index (χ2v) is 6.16. The number of halogens is 6. The minimum atomic E-state index is -4.55. The van der Waals surface area contributed by atoms with Gasteiger partial charge in [0.15, 0.2) is 5.82 Å². The van der Waals surface area contributed by atoms with Crippen molar-refractivity contribution >= 4 is 45.8 Å². The topological polar surface area (TPSA) is 37.9 Å². The third-order valence-electron chi connectivity index (χ3n) is 2.46. The lowest BCUT2D eigenvalue weighted by Crippen LogP contribution is -2.08. The molecule has 0 spiro atoms. The molecule has 1 aromatic heterocycles. The van der Waals surface area contributed by atoms with Crippen molar-refractivity contribution in [2.75, 3.05) is 6.61 Å². The highest BCUT2D eigenvalue weighted by molar-refractivity contribution is 6.66. The van der Waals surface area contributed by atoms with E-state index in [4.69, 9.17) is 39.5 Å². The summed E-state index contributed by atoms with van der Waals surface area (Å²) < 4.78 is 42.0. The summed E-state index contributed by atoms with van der Waals surface area (Å²) in [6, 6.07) is 2.05. The molecule has 0 fully saturated rings. The van der Waals surface area contributed by atoms with Crippen molar-refractivity contribution in [3.05, 3.63) is 23.5 Å². The summed E-state index contributed by atoms with van der Waals surface area (Å²) in [6.07, 6.45) is -4.55. The average molecular weight is 348 g/mol. The number of H-pyrrole nitrogens is 1. The summed E-state index contributed by atoms with van der Waals surface area (Å²) in [7, 11) is 0. The van der Waals surface area contributed by atoms with Gasteiger partial charge in [0, 0.05) is 6.07 Å². The van der Waals surface area contributed by atoms with Gasteiger partial charge in [-0.25, -0.2) is 4.98 Å². The first kappa shape index (κ1) is 15.5. The zero-order valence-electron chi connectivity index (χ0n) is 9.99. The normalized spacial score (nSPS) is 12.9. The summed E-state index contributed by atoms with van der Waals surface area (Å²) in [5.74, 6) is -0.367. The molecule has 1 aromatic carbocycles. The first-order valence-corrected chi connectivity index (χ1v) is 6.57. The molecule has 1 N–H and O–H groups in total. The number of imidazole rings is 1. The number of nitrogens with one attached hydrogen (secondary N) is 1. The van der Waals surface area contributed by atoms with E-state index in [1.54, 1.807) is 6.92 Å². The van der Waals surface area contributed by atoms with Gasteiger partial charge in [-0.3, -0.25) is 0 Å². The van der Waals surface area contributed by atoms with Crippen LogP contribution >= 0.6 is 34.8 Å². The van der Waals surface area contributed by atoms with Crippen LogP contribution in [0.25, 0.3) is 11.0 Å². The molecule has 1 heterocycles. The summed E-state index contributed by atoms with van der Waals surface area (Å²) in [4.78, 5) is 6.51. The van der Waals surface area contributed by atoms with Gasteiger partial charge in [-0.05, 0) is 13.0 Å². The van der Waals surface area contributed by atoms with Crippen LogP contribution in [0.5, 0.6) is 5.75 Å². The Morgan fingerprint density at radius 3 is 2.40 bits per heavy atom. The summed E-state index contributed by atoms with van der Waals surface area (Å²) in [5, 5.41) is 0. The number of aromatic nitrogens is 2. The minimum Gasteiger partial charge on any atom is -0.493 e. The Labute approximate surface area is 127 Å². The Bertz CT molecular complexity index is 634. The zero-order valence-corrected chi connectivity index (χ0v) is 12.3. The Balaban J connectivity index is 2.65. The lowest BCUT2D eigenvalue weighted by atomic mass is 10.1. The minimum absolute atomic E-state index is 0.0562. The standard InChI is InChI=1S/C11H8Cl3F3N2O/c1-2-20-8-4-7-6(3-5(8)11(15,16)17)18-9(19-7)10(12,13)14/h3-4H,2H2,1H3,(H,18,19). The van der Waals surface area contributed by atoms with Crippen molar-refractivity contribution in [2.24, 2.45) is 0 Å². The Morgan fingerprint density at radius 1 is 1.25 bits per heavy atom. The van der Waals surface area contributed by atoms with E-state index in [0.717, 1.165) is 12.1 Å². The van der Waals surface area contributed by atoms with Crippen LogP contribution in [-0.4, -0.2) is 16.6 Å². The highest BCUT2D eigenvalue weighted by Gasteiger charge is 2.36. The zero-order chi connectivity index (χ0) is 15.1. The maximum atomic E-state index is 12.9. The molecule has 9 heteroatoms. The van der Waals surface area contributed by atoms with E-state index in [9.17, 15) is 13.2 Å². The van der Waals surface area contributed by atoms with Gasteiger partial charge in [0.25, 0.3) is 0 Å². The SMILES string of the molecule is CCOc1cc2nc(C(Cl)(Cl)Cl)[nH]c2cc1C(F)(F)F. The van der Waals surface area contributed by atoms with Crippen LogP contribution < -0.4 is 4.74 Å². The Hall–Kier alpha value is -0.850. The smallest absolute Gasteiger partial charge is 0.420 e. The van der Waals surface area contributed by atoms with E-state index in [-0.39, 0.29) is 29.2 Å². The average Bonchev–Trinajstić information content (AvgIpc) is 2.69. The van der Waals surface area contributed by atoms with Gasteiger partial charge < -0.3 is 9.72 Å². The molecule has 0 saturated carbocycles. The second kappa shape index (κ2) is 5.16. The fraction of sp³-hybridized carbons (Fsp3) is 0.364. The van der Waals surface area contributed by atoms with Crippen molar-refractivity contribution in [3.63, 3.8) is 0 Å². The number of alkyl halides is 6. The third-order valence-corrected chi connectivity index (χ3v) is 2.99. The number of benzene rings is 1. The second-order valence-electron chi connectivity index (χ2n) is 3.88. The highest BCUT2D eigenvalue weighted by Crippen LogP contribution is 2.41. The van der Waals surface area contributed by atoms with Crippen LogP contribution in [0.1, 0.15) is 18.3 Å². The summed E-state index contributed by atoms with van der Waals surface area (Å²) in [5.41, 5.74) is -0.573. The van der Waals surface area contributed by atoms with Crippen molar-refractivity contribution < 1.29 is 17.9 Å². The number of aromatic amines is 1. The van der Waals surface area contributed by atoms with Crippen molar-refractivity contribution in [3.8, 4) is 5.75 Å². The molecule has 0 amide bonds. The Kier molecular flexibility index (Phi) is 4.01. The van der Waals surface area contributed by atoms with E-state index in [2.05, 4.69) is 9.97 Å². The van der Waals surface area contributed by atoms with Gasteiger partial charge in [-0.15, -0.1) is 0 Å². The number of hydrogen-bond acceptors (Lipinski definition) is 2. The van der Waals surface area contributed by atoms with Gasteiger partial charge in [0.1, 0.15) is 5.75 Å². The molecule has 110 valence electrons. The third kappa shape index (κ3) is 3.07. The molecule has 0 saturated heterocycles. The van der Waals surface area contributed by atoms with Crippen LogP contribution in [0.15, 0.2) is 12.1 Å². The molecule has 0 bridgehead atoms. The van der Waals surface area contributed by atoms with Crippen molar-refractivity contribution in [1.82, 2.24) is 9.97 Å². The molecule has 0 unspecified atom stereocenters. The predicted octanol–water partition coefficient (Wildman–Crippen LogP) is 4.81. The van der Waals surface area contributed by atoms with E-state index < -0.39 is 15.5 Å². The first-order chi connectivity index (χ1) is 9.13. The molecule has 0 atom stereocenters. The van der Waals surface area contributed by atoms with Crippen LogP contribution in [0, 0.1) is 0 Å². The van der Waals surface area contributed by atoms with Crippen molar-refractivity contribution in [1.29, 1.82) is 0 Å². The molecule has 2 aromatic rings. The molecule has 0 aliphatic heterocycles. The summed E-state index contributed by atoms with van der Waals surface area (Å²) >= 11 is 16.9. The molecule has 20 heavy (non-hydrogen) atoms. The molecule has 3 nitrogen and oxygen atoms in total. The number of ether oxygens (including phenoxy) is 1. The van der Waals surface area contributed by atoms with E-state index in [1.165, 1.54) is 0 Å². The quantitative estimate of drug-likeness (QED) is 0.792. The summed E-state index contributed by atoms with van der Waals surface area (Å²) in [6.45, 7) is 1.68. The van der Waals surface area contributed by atoms with E-state index in [0.29, 0.717) is 0 Å². The maximum Gasteiger partial charge on any atom is 0.420 e. The van der Waals surface area contributed by atoms with Gasteiger partial charge in [0.05, 0.1) is 23.2 Å². The maximum absolute atomic E-state index is 12.9. The van der Waals surface area contributed by atoms with Crippen LogP contribution in [0.4, 0.5) is 13.2 Å². The molecule has 0 aliphatic rings. The van der Waals surface area contributed by atoms with Crippen LogP contribution in [-0.2, 0) is 9.97 Å². The lowest BCUT2D eigenvalue weighted by molar-refractivity contribution is -0.138. The number of rotatable bonds is 2. The fourth-order valence-electron chi connectivity index (χ4n) is 1.67. The monoisotopic (exact) mass is 346 g/mol.